The van der Waals surface area contributed by atoms with E-state index in [1.54, 1.807) is 0 Å². The minimum Gasteiger partial charge on any atom is -0.455 e. The van der Waals surface area contributed by atoms with Gasteiger partial charge in [-0.2, -0.15) is 0 Å². The third-order valence-corrected chi connectivity index (χ3v) is 11.9. The second-order valence-corrected chi connectivity index (χ2v) is 15.2. The predicted octanol–water partition coefficient (Wildman–Crippen LogP) is 14.7. The van der Waals surface area contributed by atoms with Crippen molar-refractivity contribution in [2.45, 2.75) is 0 Å². The third kappa shape index (κ3) is 5.50. The number of rotatable bonds is 6. The number of thiophene rings is 1. The lowest BCUT2D eigenvalue weighted by atomic mass is 9.89. The second kappa shape index (κ2) is 13.3. The smallest absolute Gasteiger partial charge is 0.160 e. The molecule has 0 saturated carbocycles. The monoisotopic (exact) mass is 732 g/mol. The first-order valence-corrected chi connectivity index (χ1v) is 19.6. The van der Waals surface area contributed by atoms with Crippen LogP contribution in [0.5, 0.6) is 0 Å². The van der Waals surface area contributed by atoms with Crippen LogP contribution in [0.15, 0.2) is 199 Å². The summed E-state index contributed by atoms with van der Waals surface area (Å²) in [5.74, 6) is 0.685. The van der Waals surface area contributed by atoms with Gasteiger partial charge in [-0.1, -0.05) is 158 Å². The van der Waals surface area contributed by atoms with Crippen LogP contribution < -0.4 is 0 Å². The molecule has 3 nitrogen and oxygen atoms in total. The van der Waals surface area contributed by atoms with E-state index in [1.165, 1.54) is 31.3 Å². The maximum Gasteiger partial charge on any atom is 0.160 e. The van der Waals surface area contributed by atoms with Crippen molar-refractivity contribution < 1.29 is 4.42 Å². The van der Waals surface area contributed by atoms with Crippen LogP contribution in [0.25, 0.3) is 109 Å². The molecule has 0 fully saturated rings. The zero-order valence-corrected chi connectivity index (χ0v) is 31.0. The lowest BCUT2D eigenvalue weighted by Gasteiger charge is -2.16. The molecule has 0 atom stereocenters. The van der Waals surface area contributed by atoms with Crippen LogP contribution in [-0.4, -0.2) is 9.97 Å². The van der Waals surface area contributed by atoms with Crippen molar-refractivity contribution in [1.29, 1.82) is 0 Å². The highest BCUT2D eigenvalue weighted by atomic mass is 32.1. The minimum absolute atomic E-state index is 0.685. The van der Waals surface area contributed by atoms with Crippen LogP contribution in [0.3, 0.4) is 0 Å². The Morgan fingerprint density at radius 2 is 0.911 bits per heavy atom. The van der Waals surface area contributed by atoms with Crippen molar-refractivity contribution in [2.24, 2.45) is 0 Å². The van der Waals surface area contributed by atoms with Gasteiger partial charge in [0.2, 0.25) is 0 Å². The Labute approximate surface area is 327 Å². The molecule has 0 aliphatic heterocycles. The molecule has 8 aromatic carbocycles. The number of nitrogens with zero attached hydrogens (tertiary/aromatic N) is 2. The first-order chi connectivity index (χ1) is 27.7. The average molecular weight is 733 g/mol. The van der Waals surface area contributed by atoms with Crippen molar-refractivity contribution >= 4 is 53.4 Å². The molecule has 0 aliphatic rings. The Kier molecular flexibility index (Phi) is 7.68. The molecule has 262 valence electrons. The normalized spacial score (nSPS) is 11.6. The summed E-state index contributed by atoms with van der Waals surface area (Å²) < 4.78 is 9.22. The maximum atomic E-state index is 6.63. The third-order valence-electron chi connectivity index (χ3n) is 10.7. The molecule has 11 rings (SSSR count). The summed E-state index contributed by atoms with van der Waals surface area (Å²) in [6.07, 6.45) is 0. The number of aromatic nitrogens is 2. The molecule has 0 amide bonds. The Morgan fingerprint density at radius 3 is 1.71 bits per heavy atom. The number of hydrogen-bond acceptors (Lipinski definition) is 4. The highest BCUT2D eigenvalue weighted by molar-refractivity contribution is 7.26. The average Bonchev–Trinajstić information content (AvgIpc) is 3.86. The van der Waals surface area contributed by atoms with Gasteiger partial charge in [0.05, 0.1) is 11.4 Å². The maximum absolute atomic E-state index is 6.63. The lowest BCUT2D eigenvalue weighted by Crippen LogP contribution is -1.97. The summed E-state index contributed by atoms with van der Waals surface area (Å²) in [7, 11) is 0. The molecule has 0 unspecified atom stereocenters. The van der Waals surface area contributed by atoms with Gasteiger partial charge in [0, 0.05) is 58.8 Å². The van der Waals surface area contributed by atoms with Crippen molar-refractivity contribution in [3.63, 3.8) is 0 Å². The van der Waals surface area contributed by atoms with Gasteiger partial charge in [-0.15, -0.1) is 11.3 Å². The van der Waals surface area contributed by atoms with Gasteiger partial charge in [-0.05, 0) is 58.7 Å². The van der Waals surface area contributed by atoms with E-state index >= 15 is 0 Å². The summed E-state index contributed by atoms with van der Waals surface area (Å²) in [6.45, 7) is 0. The van der Waals surface area contributed by atoms with E-state index in [0.717, 1.165) is 72.3 Å². The van der Waals surface area contributed by atoms with Crippen molar-refractivity contribution in [2.75, 3.05) is 0 Å². The molecule has 4 heteroatoms. The van der Waals surface area contributed by atoms with E-state index in [0.29, 0.717) is 5.82 Å². The molecule has 11 aromatic rings. The van der Waals surface area contributed by atoms with Gasteiger partial charge in [0.1, 0.15) is 11.2 Å². The van der Waals surface area contributed by atoms with E-state index in [9.17, 15) is 0 Å². The Morgan fingerprint density at radius 1 is 0.357 bits per heavy atom. The summed E-state index contributed by atoms with van der Waals surface area (Å²) >= 11 is 1.86. The van der Waals surface area contributed by atoms with Crippen molar-refractivity contribution in [3.8, 4) is 67.3 Å². The van der Waals surface area contributed by atoms with Crippen LogP contribution in [0, 0.1) is 0 Å². The number of furan rings is 1. The quantitative estimate of drug-likeness (QED) is 0.171. The number of fused-ring (bicyclic) bond motifs is 6. The number of para-hydroxylation sites is 2. The fourth-order valence-corrected chi connectivity index (χ4v) is 9.29. The first kappa shape index (κ1) is 32.3. The van der Waals surface area contributed by atoms with E-state index in [-0.39, 0.29) is 0 Å². The predicted molar refractivity (Wildman–Crippen MR) is 235 cm³/mol. The van der Waals surface area contributed by atoms with Crippen LogP contribution in [0.1, 0.15) is 0 Å². The molecular weight excluding hydrogens is 701 g/mol. The van der Waals surface area contributed by atoms with E-state index in [4.69, 9.17) is 14.4 Å². The van der Waals surface area contributed by atoms with E-state index in [1.807, 2.05) is 47.7 Å². The fourth-order valence-electron chi connectivity index (χ4n) is 8.06. The summed E-state index contributed by atoms with van der Waals surface area (Å²) in [6, 6.07) is 68.5. The number of hydrogen-bond donors (Lipinski definition) is 0. The first-order valence-electron chi connectivity index (χ1n) is 18.8. The van der Waals surface area contributed by atoms with Gasteiger partial charge >= 0.3 is 0 Å². The SMILES string of the molecule is c1ccc(-c2cc(-c3cc(-c4ccccc4-c4cccc5c4sc4ccccc45)cc(-c4cccc5c4oc4ccccc45)c3)nc(-c3ccccc3)n2)cc1. The van der Waals surface area contributed by atoms with Gasteiger partial charge in [0.25, 0.3) is 0 Å². The summed E-state index contributed by atoms with van der Waals surface area (Å²) in [4.78, 5) is 10.4. The van der Waals surface area contributed by atoms with Crippen LogP contribution in [-0.2, 0) is 0 Å². The van der Waals surface area contributed by atoms with Crippen molar-refractivity contribution in [1.82, 2.24) is 9.97 Å². The van der Waals surface area contributed by atoms with Gasteiger partial charge in [-0.3, -0.25) is 0 Å². The van der Waals surface area contributed by atoms with E-state index in [2.05, 4.69) is 158 Å². The molecular formula is C52H32N2OS. The van der Waals surface area contributed by atoms with Crippen LogP contribution in [0.4, 0.5) is 0 Å². The molecule has 0 spiro atoms. The zero-order chi connectivity index (χ0) is 37.0. The lowest BCUT2D eigenvalue weighted by molar-refractivity contribution is 0.670. The fraction of sp³-hybridized carbons (Fsp3) is 0. The molecule has 0 bridgehead atoms. The van der Waals surface area contributed by atoms with Gasteiger partial charge < -0.3 is 4.42 Å². The van der Waals surface area contributed by atoms with Crippen LogP contribution in [0.2, 0.25) is 0 Å². The Balaban J connectivity index is 1.18. The highest BCUT2D eigenvalue weighted by Crippen LogP contribution is 2.45. The zero-order valence-electron chi connectivity index (χ0n) is 30.2. The minimum atomic E-state index is 0.685. The summed E-state index contributed by atoms with van der Waals surface area (Å²) in [5.41, 5.74) is 13.2. The summed E-state index contributed by atoms with van der Waals surface area (Å²) in [5, 5.41) is 4.79. The highest BCUT2D eigenvalue weighted by Gasteiger charge is 2.19. The Hall–Kier alpha value is -7.14. The molecule has 0 N–H and O–H groups in total. The van der Waals surface area contributed by atoms with E-state index < -0.39 is 0 Å². The van der Waals surface area contributed by atoms with Crippen LogP contribution >= 0.6 is 11.3 Å². The topological polar surface area (TPSA) is 38.9 Å². The molecule has 0 radical (unpaired) electrons. The molecule has 0 aliphatic carbocycles. The number of benzene rings is 8. The Bertz CT molecular complexity index is 3190. The second-order valence-electron chi connectivity index (χ2n) is 14.1. The molecule has 3 aromatic heterocycles. The molecule has 3 heterocycles. The standard InChI is InChI=1S/C52H32N2OS/c1-3-15-33(16-4-1)46-32-47(54-52(53-46)34-17-5-2-6-18-34)37-30-35(29-36(31-37)39-23-13-24-43-41-21-9-11-27-48(41)55-50(39)43)38-19-7-8-20-40(38)44-25-14-26-45-42-22-10-12-28-49(42)56-51(44)45/h1-32H. The molecule has 56 heavy (non-hydrogen) atoms. The molecule has 0 saturated heterocycles. The van der Waals surface area contributed by atoms with Gasteiger partial charge in [0.15, 0.2) is 5.82 Å². The van der Waals surface area contributed by atoms with Crippen molar-refractivity contribution in [3.05, 3.63) is 194 Å². The van der Waals surface area contributed by atoms with Gasteiger partial charge in [-0.25, -0.2) is 9.97 Å². The largest absolute Gasteiger partial charge is 0.455 e.